The molecule has 0 aromatic carbocycles. The molecule has 5 amide bonds. The van der Waals surface area contributed by atoms with Crippen molar-refractivity contribution in [2.24, 2.45) is 0 Å². The molecule has 6 fully saturated rings. The van der Waals surface area contributed by atoms with Crippen molar-refractivity contribution in [1.82, 2.24) is 73.4 Å². The molecule has 3 unspecified atom stereocenters. The van der Waals surface area contributed by atoms with Gasteiger partial charge in [-0.25, -0.2) is 44.3 Å². The van der Waals surface area contributed by atoms with Crippen LogP contribution in [0.2, 0.25) is 5.15 Å². The number of anilines is 8. The van der Waals surface area contributed by atoms with E-state index in [9.17, 15) is 38.4 Å². The molecule has 0 saturated heterocycles. The van der Waals surface area contributed by atoms with Crippen LogP contribution in [-0.4, -0.2) is 196 Å². The average molecular weight is 1710 g/mol. The second-order valence-electron chi connectivity index (χ2n) is 33.5. The van der Waals surface area contributed by atoms with E-state index >= 15 is 0 Å². The highest BCUT2D eigenvalue weighted by Crippen LogP contribution is 2.36. The van der Waals surface area contributed by atoms with E-state index in [4.69, 9.17) is 60.7 Å². The number of halogens is 1. The topological polar surface area (TPSA) is 406 Å². The lowest BCUT2D eigenvalue weighted by Gasteiger charge is -2.35. The van der Waals surface area contributed by atoms with Crippen LogP contribution in [0.15, 0.2) is 106 Å². The van der Waals surface area contributed by atoms with Gasteiger partial charge in [0, 0.05) is 136 Å². The molecule has 38 heteroatoms. The minimum Gasteiger partial charge on any atom is -0.443 e. The summed E-state index contributed by atoms with van der Waals surface area (Å²) in [7, 11) is 9.72. The minimum atomic E-state index is -0.741. The van der Waals surface area contributed by atoms with Crippen molar-refractivity contribution in [2.45, 2.75) is 241 Å². The highest BCUT2D eigenvalue weighted by Gasteiger charge is 2.38. The van der Waals surface area contributed by atoms with Gasteiger partial charge in [0.05, 0.1) is 60.7 Å². The van der Waals surface area contributed by atoms with Gasteiger partial charge in [0.1, 0.15) is 73.5 Å². The number of nitrogens with zero attached hydrogens (tertiary/aromatic N) is 17. The molecule has 12 atom stereocenters. The molecule has 8 N–H and O–H groups in total. The lowest BCUT2D eigenvalue weighted by atomic mass is 9.89. The molecule has 9 heterocycles. The van der Waals surface area contributed by atoms with Crippen molar-refractivity contribution in [3.8, 4) is 0 Å². The van der Waals surface area contributed by atoms with E-state index in [1.165, 1.54) is 57.6 Å². The first-order valence-electron chi connectivity index (χ1n) is 41.3. The second-order valence-corrected chi connectivity index (χ2v) is 33.9. The van der Waals surface area contributed by atoms with E-state index in [1.54, 1.807) is 149 Å². The van der Waals surface area contributed by atoms with Crippen LogP contribution in [0.25, 0.3) is 31.5 Å². The van der Waals surface area contributed by atoms with E-state index in [1.807, 2.05) is 6.07 Å². The van der Waals surface area contributed by atoms with Gasteiger partial charge in [0.15, 0.2) is 16.9 Å². The van der Waals surface area contributed by atoms with Crippen LogP contribution in [0.5, 0.6) is 0 Å². The number of rotatable bonds is 19. The lowest BCUT2D eigenvalue weighted by molar-refractivity contribution is 0.00731. The van der Waals surface area contributed by atoms with Gasteiger partial charge in [-0.15, -0.1) is 0 Å². The molecular formula is C85H107ClN24O13. The predicted octanol–water partition coefficient (Wildman–Crippen LogP) is 11.8. The number of pyridine rings is 3. The lowest BCUT2D eigenvalue weighted by Crippen LogP contribution is -2.51. The normalized spacial score (nSPS) is 22.1. The zero-order valence-electron chi connectivity index (χ0n) is 71.2. The molecule has 652 valence electrons. The van der Waals surface area contributed by atoms with Gasteiger partial charge in [-0.05, 0) is 155 Å². The molecule has 9 aromatic rings. The molecule has 6 saturated carbocycles. The van der Waals surface area contributed by atoms with Crippen LogP contribution in [0.3, 0.4) is 0 Å². The number of aromatic nitrogens is 12. The zero-order chi connectivity index (χ0) is 88.3. The van der Waals surface area contributed by atoms with Gasteiger partial charge in [0.25, 0.3) is 34.4 Å². The maximum Gasteiger partial charge on any atom is 0.415 e. The molecule has 15 rings (SSSR count). The van der Waals surface area contributed by atoms with Crippen LogP contribution >= 0.6 is 11.6 Å². The summed E-state index contributed by atoms with van der Waals surface area (Å²) in [4.78, 5) is 130. The number of hydrogen-bond donors (Lipinski definition) is 7. The van der Waals surface area contributed by atoms with Crippen LogP contribution in [0.1, 0.15) is 206 Å². The molecule has 0 aliphatic heterocycles. The summed E-state index contributed by atoms with van der Waals surface area (Å²) in [5.74, 6) is 0.930. The van der Waals surface area contributed by atoms with Gasteiger partial charge in [-0.1, -0.05) is 11.6 Å². The Kier molecular flexibility index (Phi) is 28.6. The number of ether oxygens (including phenoxy) is 5. The van der Waals surface area contributed by atoms with Gasteiger partial charge in [-0.3, -0.25) is 38.6 Å². The molecule has 0 spiro atoms. The number of nitrogens with two attached hydrogens (primary N) is 1. The average Bonchev–Trinajstić information content (AvgIpc) is 1.66. The first-order valence-corrected chi connectivity index (χ1v) is 41.7. The Morgan fingerprint density at radius 2 is 0.854 bits per heavy atom. The summed E-state index contributed by atoms with van der Waals surface area (Å²) in [5, 5.41) is 31.3. The van der Waals surface area contributed by atoms with Crippen molar-refractivity contribution in [2.75, 3.05) is 74.0 Å². The monoisotopic (exact) mass is 1710 g/mol. The number of fused-ring (bicyclic) bond motifs is 3. The maximum atomic E-state index is 13.6. The first-order chi connectivity index (χ1) is 58.8. The van der Waals surface area contributed by atoms with E-state index in [0.717, 1.165) is 103 Å². The molecule has 123 heavy (non-hydrogen) atoms. The van der Waals surface area contributed by atoms with E-state index in [-0.39, 0.29) is 158 Å². The van der Waals surface area contributed by atoms with Crippen LogP contribution in [0, 0.1) is 19.7 Å². The standard InChI is InChI=1S/C30H38N8O5.C25H30N8O3.C18H24ClN5O4.C12H15N3O/c1-30(2,3)43-29(41)36(5)25-16-24(33-22-11-8-14-37(28(22)40)19-10-7-9-18(15-19)31-4)35-26-20(17-32-38(25)26)27(39)34-21-12-13-23(21)42-6;1-26-15-6-4-7-16(12-15)32-11-5-8-19(25(32)35)29-21-13-22(27-2)33-23(31-21)17(14-28-33)24(34)30-18-9-10-20(18)36-3;1-18(2,3)28-17(26)23(4)14-8-13(19)22-15-10(9-20-24(14)15)16(25)21-11-6-7-12(11)27-5;1-14-9-4-2-5-10(8-9)15-7-3-6-11(13)12(15)16/h8,11,14,16-19,21,23H,7,9-10,12-13,15H2,1-3,5-6H3,(H,33,35)(H,34,39);5,8,11,13-16,18,20,27H,4,6-7,9-10,12H2,2-3H3,(H,29,31)(H,30,34);8-9,11-12H,6-7H2,1-5H3,(H,21,25);3,6-7,9-10H,2,4-5,8,13H2/t18-,19+,21?,23-;15-,16+,18?,20-;11?,12-;9-,10+/m0000/s1. The molecule has 9 aromatic heterocycles. The Morgan fingerprint density at radius 3 is 1.22 bits per heavy atom. The third-order valence-electron chi connectivity index (χ3n) is 22.9. The fourth-order valence-corrected chi connectivity index (χ4v) is 16.0. The number of carbonyl (C=O) groups is 5. The summed E-state index contributed by atoms with van der Waals surface area (Å²) in [6.07, 6.45) is 23.8. The van der Waals surface area contributed by atoms with Gasteiger partial charge >= 0.3 is 12.2 Å². The van der Waals surface area contributed by atoms with Crippen molar-refractivity contribution >= 4 is 105 Å². The Morgan fingerprint density at radius 1 is 0.496 bits per heavy atom. The summed E-state index contributed by atoms with van der Waals surface area (Å²) in [6.45, 7) is 32.5. The summed E-state index contributed by atoms with van der Waals surface area (Å²) in [6, 6.07) is 15.0. The Balaban J connectivity index is 0.000000157. The van der Waals surface area contributed by atoms with Gasteiger partial charge < -0.3 is 89.6 Å². The molecule has 6 aliphatic rings. The smallest absolute Gasteiger partial charge is 0.415 e. The van der Waals surface area contributed by atoms with Gasteiger partial charge in [-0.2, -0.15) is 28.8 Å². The SMILES string of the molecule is CO[C@H]1CCC1NC(=O)c1cnn2c(N(C)C(=O)OC(C)(C)C)cc(Cl)nc12.[C-]#[N+][C@H]1CCC[C@@H](n2cccc(N)c2=O)C1.[C-]#[N+][C@H]1CCC[C@@H](n2cccc(Nc3cc(N(C)C(=O)OC(C)(C)C)n4ncc(C(=O)NC5CC[C@@H]5OC)c4n3)c2=O)C1.[C-]#[N+][C@H]1CCC[C@@H](n2cccc(Nc3cc(NC)n4ncc(C(=O)NC5CC[C@@H]5OC)c4n3)c2=O)C1. The fraction of sp³-hybridized carbons (Fsp3) is 0.518. The number of amides is 5. The highest BCUT2D eigenvalue weighted by atomic mass is 35.5. The zero-order valence-corrected chi connectivity index (χ0v) is 71.9. The molecular weight excluding hydrogens is 1600 g/mol. The Bertz CT molecular complexity index is 5680. The Hall–Kier alpha value is -12.5. The highest BCUT2D eigenvalue weighted by molar-refractivity contribution is 6.30. The third-order valence-corrected chi connectivity index (χ3v) is 23.1. The quantitative estimate of drug-likeness (QED) is 0.0292. The third kappa shape index (κ3) is 21.0. The van der Waals surface area contributed by atoms with Crippen molar-refractivity contribution in [3.05, 3.63) is 179 Å². The summed E-state index contributed by atoms with van der Waals surface area (Å²) in [5.41, 5.74) is 6.25. The van der Waals surface area contributed by atoms with Crippen LogP contribution < -0.4 is 64.1 Å². The van der Waals surface area contributed by atoms with E-state index < -0.39 is 23.4 Å². The number of carbonyl (C=O) groups excluding carboxylic acids is 5. The summed E-state index contributed by atoms with van der Waals surface area (Å²) >= 11 is 6.15. The molecule has 37 nitrogen and oxygen atoms in total. The number of methoxy groups -OCH3 is 3. The van der Waals surface area contributed by atoms with Crippen LogP contribution in [0.4, 0.5) is 55.7 Å². The van der Waals surface area contributed by atoms with Crippen molar-refractivity contribution < 1.29 is 47.7 Å². The van der Waals surface area contributed by atoms with Gasteiger partial charge in [0.2, 0.25) is 18.1 Å². The minimum absolute atomic E-state index is 0.00275. The molecule has 6 aliphatic carbocycles. The van der Waals surface area contributed by atoms with E-state index in [0.29, 0.717) is 47.2 Å². The second kappa shape index (κ2) is 39.1. The van der Waals surface area contributed by atoms with Crippen LogP contribution in [-0.2, 0) is 23.7 Å². The molecule has 0 bridgehead atoms. The Labute approximate surface area is 716 Å². The number of hydrogen-bond acceptors (Lipinski definition) is 23. The number of nitrogens with one attached hydrogen (secondary N) is 6. The maximum absolute atomic E-state index is 13.6. The predicted molar refractivity (Wildman–Crippen MR) is 463 cm³/mol. The first kappa shape index (κ1) is 89.8. The van der Waals surface area contributed by atoms with E-state index in [2.05, 4.69) is 76.7 Å². The largest absolute Gasteiger partial charge is 0.443 e. The van der Waals surface area contributed by atoms with Crippen molar-refractivity contribution in [3.63, 3.8) is 0 Å². The molecule has 0 radical (unpaired) electrons. The summed E-state index contributed by atoms with van der Waals surface area (Å²) < 4.78 is 36.5. The number of nitrogen functional groups attached to an aromatic ring is 1. The van der Waals surface area contributed by atoms with Crippen molar-refractivity contribution in [1.29, 1.82) is 0 Å². The fourth-order valence-electron chi connectivity index (χ4n) is 15.8.